The molecular weight excluding hydrogens is 210 g/mol. The Labute approximate surface area is 95.8 Å². The van der Waals surface area contributed by atoms with Crippen LogP contribution < -0.4 is 5.32 Å². The second-order valence-corrected chi connectivity index (χ2v) is 3.59. The zero-order chi connectivity index (χ0) is 11.3. The summed E-state index contributed by atoms with van der Waals surface area (Å²) in [5, 5.41) is 8.31. The van der Waals surface area contributed by atoms with Gasteiger partial charge < -0.3 is 5.32 Å². The summed E-state index contributed by atoms with van der Waals surface area (Å²) in [7, 11) is 1.91. The Morgan fingerprint density at radius 3 is 2.80 bits per heavy atom. The first kappa shape index (κ1) is 12.1. The van der Waals surface area contributed by atoms with E-state index in [1.807, 2.05) is 25.6 Å². The topological polar surface area (TPSA) is 29.9 Å². The Morgan fingerprint density at radius 2 is 2.27 bits per heavy atom. The molecule has 0 aliphatic heterocycles. The second kappa shape index (κ2) is 5.79. The summed E-state index contributed by atoms with van der Waals surface area (Å²) in [4.78, 5) is 0. The third-order valence-corrected chi connectivity index (χ3v) is 2.62. The maximum atomic E-state index is 6.18. The largest absolute Gasteiger partial charge is 0.300 e. The summed E-state index contributed by atoms with van der Waals surface area (Å²) >= 11 is 6.18. The van der Waals surface area contributed by atoms with Crippen molar-refractivity contribution in [1.82, 2.24) is 15.1 Å². The first-order valence-electron chi connectivity index (χ1n) is 5.01. The summed E-state index contributed by atoms with van der Waals surface area (Å²) in [5.74, 6) is 5.78. The highest BCUT2D eigenvalue weighted by molar-refractivity contribution is 6.31. The smallest absolute Gasteiger partial charge is 0.0863 e. The molecule has 82 valence electrons. The van der Waals surface area contributed by atoms with Crippen LogP contribution in [0.15, 0.2) is 0 Å². The molecule has 1 N–H and O–H groups in total. The van der Waals surface area contributed by atoms with Gasteiger partial charge in [0.25, 0.3) is 0 Å². The monoisotopic (exact) mass is 225 g/mol. The Balaban J connectivity index is 2.66. The second-order valence-electron chi connectivity index (χ2n) is 3.21. The SMILES string of the molecule is CC#CCNCc1c(Cl)c(CC)nn1C. The predicted molar refractivity (Wildman–Crippen MR) is 62.8 cm³/mol. The molecule has 0 saturated carbocycles. The molecule has 15 heavy (non-hydrogen) atoms. The molecule has 0 spiro atoms. The van der Waals surface area contributed by atoms with Gasteiger partial charge in [-0.1, -0.05) is 24.4 Å². The number of aromatic nitrogens is 2. The minimum atomic E-state index is 0.680. The maximum Gasteiger partial charge on any atom is 0.0863 e. The number of nitrogens with one attached hydrogen (secondary N) is 1. The molecule has 0 fully saturated rings. The zero-order valence-corrected chi connectivity index (χ0v) is 10.1. The molecule has 1 rings (SSSR count). The molecule has 0 aliphatic rings. The number of aryl methyl sites for hydroxylation is 2. The Hall–Kier alpha value is -0.980. The molecule has 4 heteroatoms. The van der Waals surface area contributed by atoms with Gasteiger partial charge in [-0.05, 0) is 13.3 Å². The van der Waals surface area contributed by atoms with E-state index in [9.17, 15) is 0 Å². The third kappa shape index (κ3) is 2.98. The van der Waals surface area contributed by atoms with E-state index < -0.39 is 0 Å². The van der Waals surface area contributed by atoms with Crippen molar-refractivity contribution in [1.29, 1.82) is 0 Å². The van der Waals surface area contributed by atoms with E-state index in [1.54, 1.807) is 0 Å². The fraction of sp³-hybridized carbons (Fsp3) is 0.545. The van der Waals surface area contributed by atoms with Crippen LogP contribution in [0.1, 0.15) is 25.2 Å². The highest BCUT2D eigenvalue weighted by atomic mass is 35.5. The van der Waals surface area contributed by atoms with E-state index in [1.165, 1.54) is 0 Å². The summed E-state index contributed by atoms with van der Waals surface area (Å²) in [5.41, 5.74) is 1.98. The number of nitrogens with zero attached hydrogens (tertiary/aromatic N) is 2. The standard InChI is InChI=1S/C11H16ClN3/c1-4-6-7-13-8-10-11(12)9(5-2)14-15(10)3/h13H,5,7-8H2,1-3H3. The van der Waals surface area contributed by atoms with Crippen LogP contribution in [-0.4, -0.2) is 16.3 Å². The minimum absolute atomic E-state index is 0.680. The number of hydrogen-bond acceptors (Lipinski definition) is 2. The predicted octanol–water partition coefficient (Wildman–Crippen LogP) is 1.75. The van der Waals surface area contributed by atoms with Gasteiger partial charge in [0.1, 0.15) is 0 Å². The minimum Gasteiger partial charge on any atom is -0.300 e. The molecule has 0 bridgehead atoms. The number of halogens is 1. The molecule has 0 unspecified atom stereocenters. The lowest BCUT2D eigenvalue weighted by Gasteiger charge is -2.02. The van der Waals surface area contributed by atoms with Gasteiger partial charge in [-0.15, -0.1) is 5.92 Å². The quantitative estimate of drug-likeness (QED) is 0.625. The molecule has 1 aromatic heterocycles. The van der Waals surface area contributed by atoms with Crippen LogP contribution in [0, 0.1) is 11.8 Å². The lowest BCUT2D eigenvalue weighted by atomic mass is 10.3. The Morgan fingerprint density at radius 1 is 1.53 bits per heavy atom. The fourth-order valence-electron chi connectivity index (χ4n) is 1.34. The van der Waals surface area contributed by atoms with Crippen molar-refractivity contribution in [2.45, 2.75) is 26.8 Å². The van der Waals surface area contributed by atoms with Crippen molar-refractivity contribution in [3.63, 3.8) is 0 Å². The van der Waals surface area contributed by atoms with Gasteiger partial charge in [-0.2, -0.15) is 5.10 Å². The molecule has 0 radical (unpaired) electrons. The van der Waals surface area contributed by atoms with Crippen LogP contribution in [0.5, 0.6) is 0 Å². The van der Waals surface area contributed by atoms with Crippen LogP contribution >= 0.6 is 11.6 Å². The molecule has 0 saturated heterocycles. The van der Waals surface area contributed by atoms with E-state index >= 15 is 0 Å². The lowest BCUT2D eigenvalue weighted by Crippen LogP contribution is -2.16. The third-order valence-electron chi connectivity index (χ3n) is 2.19. The van der Waals surface area contributed by atoms with Gasteiger partial charge in [0, 0.05) is 13.6 Å². The van der Waals surface area contributed by atoms with Crippen molar-refractivity contribution in [2.24, 2.45) is 7.05 Å². The van der Waals surface area contributed by atoms with Crippen molar-refractivity contribution < 1.29 is 0 Å². The van der Waals surface area contributed by atoms with Crippen molar-refractivity contribution in [2.75, 3.05) is 6.54 Å². The van der Waals surface area contributed by atoms with Gasteiger partial charge >= 0.3 is 0 Å². The van der Waals surface area contributed by atoms with E-state index in [4.69, 9.17) is 11.6 Å². The normalized spacial score (nSPS) is 9.87. The van der Waals surface area contributed by atoms with E-state index in [0.29, 0.717) is 13.1 Å². The van der Waals surface area contributed by atoms with E-state index in [-0.39, 0.29) is 0 Å². The van der Waals surface area contributed by atoms with Gasteiger partial charge in [-0.3, -0.25) is 4.68 Å². The summed E-state index contributed by atoms with van der Waals surface area (Å²) in [6, 6.07) is 0. The molecule has 0 atom stereocenters. The van der Waals surface area contributed by atoms with Crippen LogP contribution in [0.3, 0.4) is 0 Å². The molecule has 3 nitrogen and oxygen atoms in total. The van der Waals surface area contributed by atoms with Gasteiger partial charge in [0.15, 0.2) is 0 Å². The summed E-state index contributed by atoms with van der Waals surface area (Å²) in [6.45, 7) is 5.26. The first-order valence-corrected chi connectivity index (χ1v) is 5.39. The van der Waals surface area contributed by atoms with Gasteiger partial charge in [0.2, 0.25) is 0 Å². The van der Waals surface area contributed by atoms with Gasteiger partial charge in [-0.25, -0.2) is 0 Å². The van der Waals surface area contributed by atoms with Crippen molar-refractivity contribution in [3.8, 4) is 11.8 Å². The average molecular weight is 226 g/mol. The molecule has 1 aromatic rings. The molecule has 0 amide bonds. The lowest BCUT2D eigenvalue weighted by molar-refractivity contribution is 0.653. The van der Waals surface area contributed by atoms with Crippen LogP contribution in [0.4, 0.5) is 0 Å². The average Bonchev–Trinajstić information content (AvgIpc) is 2.50. The van der Waals surface area contributed by atoms with Crippen molar-refractivity contribution >= 4 is 11.6 Å². The van der Waals surface area contributed by atoms with E-state index in [0.717, 1.165) is 22.8 Å². The van der Waals surface area contributed by atoms with Crippen LogP contribution in [0.2, 0.25) is 5.02 Å². The van der Waals surface area contributed by atoms with Crippen LogP contribution in [-0.2, 0) is 20.0 Å². The number of hydrogen-bond donors (Lipinski definition) is 1. The number of rotatable bonds is 4. The van der Waals surface area contributed by atoms with Crippen molar-refractivity contribution in [3.05, 3.63) is 16.4 Å². The Kier molecular flexibility index (Phi) is 4.67. The maximum absolute atomic E-state index is 6.18. The Bertz CT molecular complexity index is 385. The molecule has 0 aromatic carbocycles. The van der Waals surface area contributed by atoms with Crippen LogP contribution in [0.25, 0.3) is 0 Å². The van der Waals surface area contributed by atoms with Gasteiger partial charge in [0.05, 0.1) is 23.0 Å². The highest BCUT2D eigenvalue weighted by Crippen LogP contribution is 2.20. The molecule has 0 aliphatic carbocycles. The summed E-state index contributed by atoms with van der Waals surface area (Å²) in [6.07, 6.45) is 0.863. The molecular formula is C11H16ClN3. The fourth-order valence-corrected chi connectivity index (χ4v) is 1.70. The van der Waals surface area contributed by atoms with E-state index in [2.05, 4.69) is 22.3 Å². The summed E-state index contributed by atoms with van der Waals surface area (Å²) < 4.78 is 1.83. The zero-order valence-electron chi connectivity index (χ0n) is 9.39. The highest BCUT2D eigenvalue weighted by Gasteiger charge is 2.11. The molecule has 1 heterocycles. The first-order chi connectivity index (χ1) is 7.20.